The van der Waals surface area contributed by atoms with E-state index in [-0.39, 0.29) is 28.7 Å². The van der Waals surface area contributed by atoms with Crippen LogP contribution in [0.4, 0.5) is 0 Å². The molecule has 5 heterocycles. The van der Waals surface area contributed by atoms with Gasteiger partial charge in [0.15, 0.2) is 0 Å². The molecule has 2 fully saturated rings. The molecule has 6 heteroatoms. The van der Waals surface area contributed by atoms with Crippen LogP contribution < -0.4 is 5.32 Å². The number of carbonyl (C=O) groups excluding carboxylic acids is 1. The van der Waals surface area contributed by atoms with Gasteiger partial charge in [-0.2, -0.15) is 0 Å². The normalized spacial score (nSPS) is 43.7. The van der Waals surface area contributed by atoms with Crippen LogP contribution in [0.5, 0.6) is 0 Å². The van der Waals surface area contributed by atoms with Crippen LogP contribution in [-0.4, -0.2) is 44.8 Å². The number of ketones is 1. The molecule has 2 aliphatic carbocycles. The van der Waals surface area contributed by atoms with Crippen molar-refractivity contribution in [2.45, 2.75) is 42.8 Å². The number of thioether (sulfide) groups is 1. The van der Waals surface area contributed by atoms with E-state index in [4.69, 9.17) is 0 Å². The smallest absolute Gasteiger partial charge is 0.225 e. The Balaban J connectivity index is 1.62. The Hall–Kier alpha value is -1.50. The number of aliphatic hydroxyl groups excluding tert-OH is 1. The summed E-state index contributed by atoms with van der Waals surface area (Å²) < 4.78 is 0. The maximum atomic E-state index is 13.2. The molecular formula is C18H17N3O2S. The number of rotatable bonds is 0. The minimum Gasteiger partial charge on any atom is -0.387 e. The number of hydrogen-bond donors (Lipinski definition) is 3. The number of piperidine rings is 1. The lowest BCUT2D eigenvalue weighted by Crippen LogP contribution is -2.61. The van der Waals surface area contributed by atoms with Gasteiger partial charge in [-0.05, 0) is 41.4 Å². The van der Waals surface area contributed by atoms with Crippen molar-refractivity contribution < 1.29 is 9.90 Å². The molecule has 3 N–H and O–H groups in total. The van der Waals surface area contributed by atoms with Crippen LogP contribution in [0.3, 0.4) is 0 Å². The van der Waals surface area contributed by atoms with E-state index in [1.807, 2.05) is 18.0 Å². The second-order valence-electron chi connectivity index (χ2n) is 7.94. The van der Waals surface area contributed by atoms with Crippen molar-refractivity contribution in [3.63, 3.8) is 0 Å². The average Bonchev–Trinajstić information content (AvgIpc) is 3.11. The molecule has 0 saturated carbocycles. The number of aliphatic hydroxyl groups is 1. The summed E-state index contributed by atoms with van der Waals surface area (Å²) in [5.41, 5.74) is 5.38. The number of allylic oxidation sites excluding steroid dienone is 2. The van der Waals surface area contributed by atoms with E-state index < -0.39 is 6.10 Å². The molecule has 7 rings (SSSR count). The molecule has 4 aliphatic heterocycles. The van der Waals surface area contributed by atoms with E-state index in [0.717, 1.165) is 37.2 Å². The van der Waals surface area contributed by atoms with Gasteiger partial charge < -0.3 is 15.4 Å². The Labute approximate surface area is 143 Å². The predicted molar refractivity (Wildman–Crippen MR) is 89.4 cm³/mol. The third-order valence-electron chi connectivity index (χ3n) is 7.04. The maximum Gasteiger partial charge on any atom is 0.225 e. The van der Waals surface area contributed by atoms with Gasteiger partial charge in [-0.25, -0.2) is 0 Å². The standard InChI is InChI=1S/C18H17N3O2S/c22-9-3-10-18-4-8(9)21-2-1-7-6-19-14-12(7)16(21)13(18)15(17(14)23)20-11(5-18)24-10/h3,6,8-9,11,16,19-20,22H,1-2,4-5H2/t8-,9+,11-,16?,18-/m0/s1. The van der Waals surface area contributed by atoms with Crippen LogP contribution >= 0.6 is 11.8 Å². The van der Waals surface area contributed by atoms with Crippen molar-refractivity contribution in [1.29, 1.82) is 0 Å². The highest BCUT2D eigenvalue weighted by atomic mass is 32.2. The van der Waals surface area contributed by atoms with Crippen molar-refractivity contribution in [2.75, 3.05) is 6.54 Å². The number of nitrogens with zero attached hydrogens (tertiary/aromatic N) is 1. The third-order valence-corrected chi connectivity index (χ3v) is 8.39. The highest BCUT2D eigenvalue weighted by Crippen LogP contribution is 2.69. The molecule has 1 spiro atoms. The van der Waals surface area contributed by atoms with Gasteiger partial charge in [-0.3, -0.25) is 9.69 Å². The summed E-state index contributed by atoms with van der Waals surface area (Å²) in [6.07, 6.45) is 6.68. The van der Waals surface area contributed by atoms with Crippen molar-refractivity contribution in [1.82, 2.24) is 15.2 Å². The summed E-state index contributed by atoms with van der Waals surface area (Å²) in [7, 11) is 0. The lowest BCUT2D eigenvalue weighted by molar-refractivity contribution is -0.0148. The Morgan fingerprint density at radius 1 is 1.38 bits per heavy atom. The SMILES string of the molecule is O=C1C2=C3C4c5c(c[nH]c51)CCN4[C@H]1C[C@@]34C[C@@H](N2)SC4=C[C@H]1O. The number of hydrogen-bond acceptors (Lipinski definition) is 5. The molecule has 2 saturated heterocycles. The number of fused-ring (bicyclic) bond motifs is 3. The summed E-state index contributed by atoms with van der Waals surface area (Å²) in [5.74, 6) is 0.139. The number of carbonyl (C=O) groups is 1. The first kappa shape index (κ1) is 12.8. The first-order valence-corrected chi connectivity index (χ1v) is 9.64. The van der Waals surface area contributed by atoms with Gasteiger partial charge in [0.25, 0.3) is 0 Å². The van der Waals surface area contributed by atoms with Crippen LogP contribution in [0.2, 0.25) is 0 Å². The van der Waals surface area contributed by atoms with E-state index in [9.17, 15) is 9.90 Å². The van der Waals surface area contributed by atoms with Gasteiger partial charge in [-0.15, -0.1) is 11.8 Å². The number of Topliss-reactive ketones (excluding diaryl/α,β-unsaturated/α-hetero) is 1. The van der Waals surface area contributed by atoms with Gasteiger partial charge in [0, 0.05) is 29.8 Å². The maximum absolute atomic E-state index is 13.2. The number of nitrogens with one attached hydrogen (secondary N) is 2. The Morgan fingerprint density at radius 3 is 3.21 bits per heavy atom. The average molecular weight is 339 g/mol. The van der Waals surface area contributed by atoms with E-state index in [1.54, 1.807) is 0 Å². The monoisotopic (exact) mass is 339 g/mol. The first-order valence-electron chi connectivity index (χ1n) is 8.76. The van der Waals surface area contributed by atoms with Crippen molar-refractivity contribution in [3.05, 3.63) is 45.3 Å². The highest BCUT2D eigenvalue weighted by molar-refractivity contribution is 8.04. The number of aromatic nitrogens is 1. The van der Waals surface area contributed by atoms with Gasteiger partial charge in [-0.1, -0.05) is 0 Å². The number of aromatic amines is 1. The largest absolute Gasteiger partial charge is 0.387 e. The highest BCUT2D eigenvalue weighted by Gasteiger charge is 2.64. The van der Waals surface area contributed by atoms with E-state index in [2.05, 4.69) is 21.3 Å². The summed E-state index contributed by atoms with van der Waals surface area (Å²) in [6, 6.07) is 0.331. The molecule has 24 heavy (non-hydrogen) atoms. The van der Waals surface area contributed by atoms with Crippen LogP contribution in [-0.2, 0) is 6.42 Å². The van der Waals surface area contributed by atoms with Gasteiger partial charge >= 0.3 is 0 Å². The Morgan fingerprint density at radius 2 is 2.29 bits per heavy atom. The third kappa shape index (κ3) is 1.15. The Kier molecular flexibility index (Phi) is 1.97. The summed E-state index contributed by atoms with van der Waals surface area (Å²) in [5, 5.41) is 14.6. The molecule has 5 atom stereocenters. The molecule has 1 aromatic heterocycles. The minimum atomic E-state index is -0.399. The van der Waals surface area contributed by atoms with E-state index in [1.165, 1.54) is 21.6 Å². The lowest BCUT2D eigenvalue weighted by Gasteiger charge is -2.58. The topological polar surface area (TPSA) is 68.4 Å². The second-order valence-corrected chi connectivity index (χ2v) is 9.19. The molecule has 5 nitrogen and oxygen atoms in total. The van der Waals surface area contributed by atoms with Crippen LogP contribution in [0.15, 0.2) is 28.4 Å². The summed E-state index contributed by atoms with van der Waals surface area (Å²) in [6.45, 7) is 0.956. The molecule has 6 aliphatic rings. The van der Waals surface area contributed by atoms with Crippen molar-refractivity contribution in [2.24, 2.45) is 5.41 Å². The van der Waals surface area contributed by atoms with E-state index >= 15 is 0 Å². The van der Waals surface area contributed by atoms with Crippen LogP contribution in [0.1, 0.15) is 40.5 Å². The van der Waals surface area contributed by atoms with Gasteiger partial charge in [0.2, 0.25) is 5.78 Å². The molecular weight excluding hydrogens is 322 g/mol. The zero-order valence-corrected chi connectivity index (χ0v) is 13.8. The van der Waals surface area contributed by atoms with Crippen molar-refractivity contribution in [3.8, 4) is 0 Å². The molecule has 0 radical (unpaired) electrons. The second kappa shape index (κ2) is 3.69. The van der Waals surface area contributed by atoms with Crippen LogP contribution in [0.25, 0.3) is 0 Å². The summed E-state index contributed by atoms with van der Waals surface area (Å²) in [4.78, 5) is 20.2. The molecule has 1 aromatic rings. The molecule has 0 aromatic carbocycles. The minimum absolute atomic E-state index is 0.0137. The number of H-pyrrole nitrogens is 1. The first-order chi connectivity index (χ1) is 11.7. The molecule has 3 bridgehead atoms. The van der Waals surface area contributed by atoms with Crippen LogP contribution in [0, 0.1) is 5.41 Å². The van der Waals surface area contributed by atoms with Gasteiger partial charge in [0.05, 0.1) is 28.9 Å². The van der Waals surface area contributed by atoms with E-state index in [0.29, 0.717) is 0 Å². The predicted octanol–water partition coefficient (Wildman–Crippen LogP) is 1.45. The fourth-order valence-electron chi connectivity index (χ4n) is 6.18. The fourth-order valence-corrected chi connectivity index (χ4v) is 7.75. The zero-order chi connectivity index (χ0) is 15.8. The Bertz CT molecular complexity index is 915. The molecule has 122 valence electrons. The molecule has 1 unspecified atom stereocenters. The zero-order valence-electron chi connectivity index (χ0n) is 13.0. The summed E-state index contributed by atoms with van der Waals surface area (Å²) >= 11 is 1.82. The van der Waals surface area contributed by atoms with Crippen molar-refractivity contribution >= 4 is 17.5 Å². The van der Waals surface area contributed by atoms with Gasteiger partial charge in [0.1, 0.15) is 0 Å². The quantitative estimate of drug-likeness (QED) is 0.667. The molecule has 0 amide bonds. The lowest BCUT2D eigenvalue weighted by atomic mass is 9.58. The fraction of sp³-hybridized carbons (Fsp3) is 0.500.